The van der Waals surface area contributed by atoms with Crippen molar-refractivity contribution in [2.45, 2.75) is 84.7 Å². The minimum Gasteiger partial charge on any atom is -0.507 e. The maximum absolute atomic E-state index is 14.2. The summed E-state index contributed by atoms with van der Waals surface area (Å²) in [6, 6.07) is 11.4. The number of pyridine rings is 1. The molecule has 0 bridgehead atoms. The van der Waals surface area contributed by atoms with Crippen molar-refractivity contribution in [3.8, 4) is 28.1 Å². The number of benzene rings is 2. The summed E-state index contributed by atoms with van der Waals surface area (Å²) < 4.78 is 39.8. The lowest BCUT2D eigenvalue weighted by Crippen LogP contribution is -2.46. The quantitative estimate of drug-likeness (QED) is 0.121. The Kier molecular flexibility index (Phi) is 11.2. The maximum Gasteiger partial charge on any atom is 0.339 e. The Hall–Kier alpha value is -4.03. The molecule has 0 aliphatic carbocycles. The van der Waals surface area contributed by atoms with E-state index in [-0.39, 0.29) is 18.0 Å². The zero-order valence-electron chi connectivity index (χ0n) is 30.4. The van der Waals surface area contributed by atoms with Gasteiger partial charge in [-0.15, -0.1) is 0 Å². The summed E-state index contributed by atoms with van der Waals surface area (Å²) in [6.45, 7) is 15.9. The number of rotatable bonds is 12. The molecule has 3 heterocycles. The molecule has 270 valence electrons. The topological polar surface area (TPSA) is 115 Å². The Morgan fingerprint density at radius 2 is 1.76 bits per heavy atom. The number of nitrogens with zero attached hydrogens (tertiary/aromatic N) is 3. The lowest BCUT2D eigenvalue weighted by Gasteiger charge is -2.42. The molecule has 2 aromatic heterocycles. The van der Waals surface area contributed by atoms with E-state index in [2.05, 4.69) is 11.8 Å². The van der Waals surface area contributed by atoms with Crippen molar-refractivity contribution in [2.75, 3.05) is 44.9 Å². The molecule has 11 heteroatoms. The van der Waals surface area contributed by atoms with E-state index in [1.165, 1.54) is 25.3 Å². The highest BCUT2D eigenvalue weighted by Crippen LogP contribution is 2.41. The van der Waals surface area contributed by atoms with Crippen LogP contribution in [0.1, 0.15) is 70.3 Å². The number of imidazole rings is 1. The molecule has 2 atom stereocenters. The average Bonchev–Trinajstić information content (AvgIpc) is 3.52. The molecule has 0 amide bonds. The zero-order valence-corrected chi connectivity index (χ0v) is 30.4. The summed E-state index contributed by atoms with van der Waals surface area (Å²) in [5.41, 5.74) is 4.69. The summed E-state index contributed by atoms with van der Waals surface area (Å²) >= 11 is 0. The van der Waals surface area contributed by atoms with Crippen LogP contribution in [0.2, 0.25) is 0 Å². The van der Waals surface area contributed by atoms with Gasteiger partial charge in [0.05, 0.1) is 49.9 Å². The van der Waals surface area contributed by atoms with Gasteiger partial charge >= 0.3 is 5.97 Å². The van der Waals surface area contributed by atoms with E-state index in [0.29, 0.717) is 43.1 Å². The number of carbonyl (C=O) groups is 1. The number of hydrogen-bond donors (Lipinski definition) is 2. The molecule has 0 unspecified atom stereocenters. The summed E-state index contributed by atoms with van der Waals surface area (Å²) in [7, 11) is 1.37. The minimum atomic E-state index is -1.00. The fourth-order valence-electron chi connectivity index (χ4n) is 6.46. The van der Waals surface area contributed by atoms with Crippen LogP contribution in [0.4, 0.5) is 10.2 Å². The smallest absolute Gasteiger partial charge is 0.339 e. The third-order valence-corrected chi connectivity index (χ3v) is 9.21. The van der Waals surface area contributed by atoms with Crippen molar-refractivity contribution in [3.05, 3.63) is 71.2 Å². The predicted octanol–water partition coefficient (Wildman–Crippen LogP) is 6.93. The van der Waals surface area contributed by atoms with Gasteiger partial charge in [-0.25, -0.2) is 14.2 Å². The Morgan fingerprint density at radius 1 is 1.06 bits per heavy atom. The van der Waals surface area contributed by atoms with E-state index in [1.807, 2.05) is 69.5 Å². The van der Waals surface area contributed by atoms with E-state index in [4.69, 9.17) is 23.9 Å². The van der Waals surface area contributed by atoms with Crippen molar-refractivity contribution < 1.29 is 38.3 Å². The summed E-state index contributed by atoms with van der Waals surface area (Å²) in [5, 5.41) is 20.0. The number of piperidine rings is 1. The fraction of sp³-hybridized carbons (Fsp3) is 0.487. The van der Waals surface area contributed by atoms with Gasteiger partial charge in [-0.3, -0.25) is 4.40 Å². The molecular weight excluding hydrogens is 641 g/mol. The molecule has 1 fully saturated rings. The van der Waals surface area contributed by atoms with E-state index in [9.17, 15) is 19.4 Å². The number of fused-ring (bicyclic) bond motifs is 1. The molecular formula is C39H50FN3O7. The van der Waals surface area contributed by atoms with Gasteiger partial charge in [0, 0.05) is 36.0 Å². The monoisotopic (exact) mass is 691 g/mol. The van der Waals surface area contributed by atoms with Crippen LogP contribution in [0.5, 0.6) is 5.75 Å². The highest BCUT2D eigenvalue weighted by atomic mass is 19.1. The number of aliphatic hydroxyl groups is 1. The lowest BCUT2D eigenvalue weighted by atomic mass is 9.92. The van der Waals surface area contributed by atoms with Crippen LogP contribution in [0.25, 0.3) is 28.0 Å². The number of esters is 1. The molecule has 2 aromatic carbocycles. The van der Waals surface area contributed by atoms with E-state index >= 15 is 0 Å². The minimum absolute atomic E-state index is 0.0157. The van der Waals surface area contributed by atoms with Crippen LogP contribution in [0, 0.1) is 19.7 Å². The van der Waals surface area contributed by atoms with Crippen LogP contribution in [-0.2, 0) is 23.7 Å². The highest BCUT2D eigenvalue weighted by molar-refractivity contribution is 5.82. The van der Waals surface area contributed by atoms with Gasteiger partial charge in [0.15, 0.2) is 6.10 Å². The fourth-order valence-corrected chi connectivity index (χ4v) is 6.46. The predicted molar refractivity (Wildman–Crippen MR) is 191 cm³/mol. The number of aromatic nitrogens is 2. The molecule has 5 rings (SSSR count). The molecule has 50 heavy (non-hydrogen) atoms. The first-order valence-corrected chi connectivity index (χ1v) is 17.1. The SMILES string of the molecule is COC(=O)[C@@H](OC(C)(C)C)c1c(C)c(C)c2nc(-c3cccc(-c4cc(F)ccc4O)c3)cn2c1N1CCC(C)(OCCOC[C@@H](C)O)CC1. The maximum atomic E-state index is 14.2. The van der Waals surface area contributed by atoms with Gasteiger partial charge in [-0.1, -0.05) is 18.2 Å². The van der Waals surface area contributed by atoms with Crippen LogP contribution >= 0.6 is 0 Å². The van der Waals surface area contributed by atoms with Gasteiger partial charge in [-0.2, -0.15) is 0 Å². The van der Waals surface area contributed by atoms with Gasteiger partial charge < -0.3 is 34.1 Å². The van der Waals surface area contributed by atoms with Crippen molar-refractivity contribution in [1.82, 2.24) is 9.38 Å². The molecule has 1 saturated heterocycles. The summed E-state index contributed by atoms with van der Waals surface area (Å²) in [6.07, 6.45) is 1.88. The van der Waals surface area contributed by atoms with Gasteiger partial charge in [0.1, 0.15) is 23.0 Å². The van der Waals surface area contributed by atoms with E-state index in [0.717, 1.165) is 46.6 Å². The number of aromatic hydroxyl groups is 1. The Labute approximate surface area is 293 Å². The Balaban J connectivity index is 1.59. The van der Waals surface area contributed by atoms with Crippen LogP contribution in [-0.4, -0.2) is 82.9 Å². The number of anilines is 1. The second kappa shape index (κ2) is 15.1. The number of methoxy groups -OCH3 is 1. The molecule has 10 nitrogen and oxygen atoms in total. The number of halogens is 1. The number of aliphatic hydroxyl groups excluding tert-OH is 1. The number of phenolic OH excluding ortho intramolecular Hbond substituents is 1. The molecule has 0 saturated carbocycles. The van der Waals surface area contributed by atoms with E-state index < -0.39 is 29.6 Å². The zero-order chi connectivity index (χ0) is 36.4. The van der Waals surface area contributed by atoms with E-state index in [1.54, 1.807) is 6.92 Å². The third-order valence-electron chi connectivity index (χ3n) is 9.21. The van der Waals surface area contributed by atoms with Crippen molar-refractivity contribution in [2.24, 2.45) is 0 Å². The van der Waals surface area contributed by atoms with Crippen molar-refractivity contribution in [3.63, 3.8) is 0 Å². The highest BCUT2D eigenvalue weighted by Gasteiger charge is 2.38. The number of hydrogen-bond acceptors (Lipinski definition) is 9. The van der Waals surface area contributed by atoms with Gasteiger partial charge in [0.25, 0.3) is 0 Å². The summed E-state index contributed by atoms with van der Waals surface area (Å²) in [4.78, 5) is 20.9. The number of carbonyl (C=O) groups excluding carboxylic acids is 1. The molecule has 1 aliphatic heterocycles. The molecule has 0 radical (unpaired) electrons. The largest absolute Gasteiger partial charge is 0.507 e. The third kappa shape index (κ3) is 8.29. The first-order valence-electron chi connectivity index (χ1n) is 17.1. The van der Waals surface area contributed by atoms with Crippen molar-refractivity contribution >= 4 is 17.4 Å². The van der Waals surface area contributed by atoms with Gasteiger partial charge in [0.2, 0.25) is 0 Å². The number of aryl methyl sites for hydroxylation is 1. The number of phenols is 1. The summed E-state index contributed by atoms with van der Waals surface area (Å²) in [5.74, 6) is -0.154. The molecule has 4 aromatic rings. The lowest BCUT2D eigenvalue weighted by molar-refractivity contribution is -0.164. The Morgan fingerprint density at radius 3 is 2.42 bits per heavy atom. The molecule has 2 N–H and O–H groups in total. The van der Waals surface area contributed by atoms with Crippen LogP contribution in [0.3, 0.4) is 0 Å². The molecule has 0 spiro atoms. The molecule has 1 aliphatic rings. The average molecular weight is 692 g/mol. The number of ether oxygens (including phenoxy) is 4. The standard InChI is InChI=1S/C39H50FN3O7/c1-24(44)23-48-18-19-49-39(7)14-16-42(17-15-39)36-33(34(37(46)47-8)50-38(4,5)6)25(2)26(3)35-41-31(22-43(35)36)28-11-9-10-27(20-28)30-21-29(40)12-13-32(30)45/h9-13,20-22,24,34,44-45H,14-19,23H2,1-8H3/t24-,34+/m1/s1. The Bertz CT molecular complexity index is 1820. The van der Waals surface area contributed by atoms with Gasteiger partial charge in [-0.05, 0) is 102 Å². The first-order chi connectivity index (χ1) is 23.6. The van der Waals surface area contributed by atoms with Crippen LogP contribution < -0.4 is 4.90 Å². The normalized spacial score (nSPS) is 16.1. The van der Waals surface area contributed by atoms with Crippen LogP contribution in [0.15, 0.2) is 48.7 Å². The first kappa shape index (κ1) is 37.2. The van der Waals surface area contributed by atoms with Crippen molar-refractivity contribution in [1.29, 1.82) is 0 Å². The second-order valence-corrected chi connectivity index (χ2v) is 14.4. The second-order valence-electron chi connectivity index (χ2n) is 14.4.